The predicted octanol–water partition coefficient (Wildman–Crippen LogP) is 5.22. The summed E-state index contributed by atoms with van der Waals surface area (Å²) < 4.78 is 81.0. The van der Waals surface area contributed by atoms with E-state index in [1.807, 2.05) is 11.9 Å². The number of rotatable bonds is 4. The molecule has 2 amide bonds. The Morgan fingerprint density at radius 2 is 1.82 bits per heavy atom. The van der Waals surface area contributed by atoms with Crippen molar-refractivity contribution in [2.75, 3.05) is 20.1 Å². The molecule has 0 spiro atoms. The quantitative estimate of drug-likeness (QED) is 0.335. The Kier molecular flexibility index (Phi) is 7.21. The molecule has 1 N–H and O–H groups in total. The van der Waals surface area contributed by atoms with E-state index in [0.29, 0.717) is 42.0 Å². The van der Waals surface area contributed by atoms with Gasteiger partial charge in [-0.25, -0.2) is 0 Å². The van der Waals surface area contributed by atoms with Gasteiger partial charge >= 0.3 is 12.4 Å². The highest BCUT2D eigenvalue weighted by atomic mass is 32.2. The highest BCUT2D eigenvalue weighted by Crippen LogP contribution is 2.38. The second-order valence-electron chi connectivity index (χ2n) is 9.73. The molecule has 5 rings (SSSR count). The van der Waals surface area contributed by atoms with Crippen LogP contribution in [0.15, 0.2) is 47.5 Å². The number of piperidine rings is 1. The summed E-state index contributed by atoms with van der Waals surface area (Å²) in [6, 6.07) is 5.66. The van der Waals surface area contributed by atoms with Crippen molar-refractivity contribution in [3.63, 3.8) is 0 Å². The minimum atomic E-state index is -5.00. The smallest absolute Gasteiger partial charge is 0.390 e. The number of fused-ring (bicyclic) bond motifs is 1. The Hall–Kier alpha value is -3.36. The first-order valence-corrected chi connectivity index (χ1v) is 12.9. The monoisotopic (exact) mass is 584 g/mol. The number of carbonyl (C=O) groups excluding carboxylic acids is 2. The number of nitrogens with zero attached hydrogens (tertiary/aromatic N) is 4. The lowest BCUT2D eigenvalue weighted by Crippen LogP contribution is -2.54. The molecule has 0 radical (unpaired) electrons. The van der Waals surface area contributed by atoms with Crippen molar-refractivity contribution in [3.8, 4) is 0 Å². The summed E-state index contributed by atoms with van der Waals surface area (Å²) >= 11 is 0.759. The number of carbonyl (C=O) groups is 2. The van der Waals surface area contributed by atoms with Gasteiger partial charge in [-0.2, -0.15) is 31.4 Å². The Labute approximate surface area is 228 Å². The molecule has 0 aliphatic carbocycles. The summed E-state index contributed by atoms with van der Waals surface area (Å²) in [5.74, 6) is -0.513. The number of β-amino-alcohol motifs (C(OH)–C–C–N with tert-alkyl or cyclic N) is 1. The highest BCUT2D eigenvalue weighted by molar-refractivity contribution is 8.18. The fourth-order valence-electron chi connectivity index (χ4n) is 4.93. The van der Waals surface area contributed by atoms with Crippen LogP contribution in [0.2, 0.25) is 0 Å². The van der Waals surface area contributed by atoms with Gasteiger partial charge in [0.1, 0.15) is 0 Å². The van der Waals surface area contributed by atoms with Crippen LogP contribution in [-0.4, -0.2) is 68.1 Å². The van der Waals surface area contributed by atoms with Crippen LogP contribution in [0.5, 0.6) is 0 Å². The zero-order valence-electron chi connectivity index (χ0n) is 20.8. The summed E-state index contributed by atoms with van der Waals surface area (Å²) in [7, 11) is 1.84. The normalized spacial score (nSPS) is 22.2. The maximum Gasteiger partial charge on any atom is 0.416 e. The largest absolute Gasteiger partial charge is 0.416 e. The van der Waals surface area contributed by atoms with Crippen LogP contribution in [0.25, 0.3) is 17.0 Å². The van der Waals surface area contributed by atoms with Crippen LogP contribution in [0.4, 0.5) is 31.1 Å². The van der Waals surface area contributed by atoms with Crippen molar-refractivity contribution >= 4 is 39.9 Å². The molecule has 0 bridgehead atoms. The van der Waals surface area contributed by atoms with Crippen molar-refractivity contribution in [1.82, 2.24) is 19.6 Å². The zero-order chi connectivity index (χ0) is 29.0. The minimum absolute atomic E-state index is 0.0940. The number of imide groups is 1. The third-order valence-electron chi connectivity index (χ3n) is 6.93. The summed E-state index contributed by atoms with van der Waals surface area (Å²) in [6.45, 7) is 0.538. The number of amides is 2. The van der Waals surface area contributed by atoms with Gasteiger partial charge in [-0.05, 0) is 66.7 Å². The molecule has 1 aromatic heterocycles. The number of halogens is 6. The van der Waals surface area contributed by atoms with E-state index in [1.54, 1.807) is 18.2 Å². The number of hydrogen-bond donors (Lipinski definition) is 1. The van der Waals surface area contributed by atoms with Gasteiger partial charge in [0.25, 0.3) is 11.1 Å². The number of aliphatic hydroxyl groups is 1. The molecule has 2 saturated heterocycles. The van der Waals surface area contributed by atoms with Gasteiger partial charge in [-0.3, -0.25) is 19.2 Å². The van der Waals surface area contributed by atoms with Gasteiger partial charge in [0.2, 0.25) is 0 Å². The van der Waals surface area contributed by atoms with E-state index in [4.69, 9.17) is 0 Å². The average Bonchev–Trinajstić information content (AvgIpc) is 3.37. The topological polar surface area (TPSA) is 78.7 Å². The van der Waals surface area contributed by atoms with Crippen molar-refractivity contribution in [2.45, 2.75) is 37.5 Å². The second-order valence-corrected chi connectivity index (χ2v) is 10.7. The lowest BCUT2D eigenvalue weighted by molar-refractivity contribution is -0.143. The van der Waals surface area contributed by atoms with E-state index in [1.165, 1.54) is 17.0 Å². The molecular weight excluding hydrogens is 562 g/mol. The van der Waals surface area contributed by atoms with Crippen molar-refractivity contribution in [1.29, 1.82) is 0 Å². The first-order chi connectivity index (χ1) is 18.7. The highest BCUT2D eigenvalue weighted by Gasteiger charge is 2.44. The Balaban J connectivity index is 1.39. The molecule has 2 aliphatic rings. The first kappa shape index (κ1) is 28.2. The van der Waals surface area contributed by atoms with Crippen LogP contribution in [0, 0.1) is 0 Å². The van der Waals surface area contributed by atoms with Crippen molar-refractivity contribution < 1.29 is 41.0 Å². The van der Waals surface area contributed by atoms with Gasteiger partial charge < -0.3 is 10.0 Å². The summed E-state index contributed by atoms with van der Waals surface area (Å²) in [5.41, 5.74) is -2.21. The molecule has 212 valence electrons. The van der Waals surface area contributed by atoms with E-state index >= 15 is 0 Å². The number of hydrogen-bond acceptors (Lipinski definition) is 6. The minimum Gasteiger partial charge on any atom is -0.390 e. The van der Waals surface area contributed by atoms with Crippen molar-refractivity contribution in [2.24, 2.45) is 0 Å². The zero-order valence-corrected chi connectivity index (χ0v) is 21.6. The molecule has 2 aliphatic heterocycles. The maximum absolute atomic E-state index is 13.6. The van der Waals surface area contributed by atoms with Crippen LogP contribution < -0.4 is 0 Å². The average molecular weight is 585 g/mol. The molecule has 0 saturated carbocycles. The molecule has 2 fully saturated rings. The lowest BCUT2D eigenvalue weighted by Gasteiger charge is -2.37. The number of aromatic nitrogens is 2. The Morgan fingerprint density at radius 1 is 1.07 bits per heavy atom. The van der Waals surface area contributed by atoms with Crippen LogP contribution in [0.3, 0.4) is 0 Å². The van der Waals surface area contributed by atoms with Gasteiger partial charge in [0.15, 0.2) is 0 Å². The number of alkyl halides is 6. The Bertz CT molecular complexity index is 1520. The lowest BCUT2D eigenvalue weighted by atomic mass is 10.0. The van der Waals surface area contributed by atoms with Crippen molar-refractivity contribution in [3.05, 3.63) is 69.8 Å². The number of likely N-dealkylation sites (tertiary alicyclic amines) is 1. The maximum atomic E-state index is 13.6. The molecule has 40 heavy (non-hydrogen) atoms. The van der Waals surface area contributed by atoms with Crippen LogP contribution >= 0.6 is 11.8 Å². The fourth-order valence-corrected chi connectivity index (χ4v) is 5.82. The molecule has 1 unspecified atom stereocenters. The predicted molar refractivity (Wildman–Crippen MR) is 135 cm³/mol. The molecule has 7 nitrogen and oxygen atoms in total. The van der Waals surface area contributed by atoms with Crippen LogP contribution in [0.1, 0.15) is 28.7 Å². The number of benzene rings is 2. The SMILES string of the molecule is CN1CCC(N2C(=O)S/C(=C\c3ccc4c(cnn4Cc4ccc(C(F)(F)F)cc4C(F)(F)F)c3)C2=O)[C@@H](O)C1. The third-order valence-corrected chi connectivity index (χ3v) is 7.81. The molecule has 3 aromatic rings. The van der Waals surface area contributed by atoms with E-state index in [2.05, 4.69) is 5.10 Å². The number of aliphatic hydroxyl groups excluding tert-OH is 1. The van der Waals surface area contributed by atoms with E-state index < -0.39 is 53.3 Å². The van der Waals surface area contributed by atoms with Gasteiger partial charge in [-0.15, -0.1) is 0 Å². The van der Waals surface area contributed by atoms with Gasteiger partial charge in [0.05, 0.1) is 46.4 Å². The summed E-state index contributed by atoms with van der Waals surface area (Å²) in [6.07, 6.45) is -7.43. The van der Waals surface area contributed by atoms with Gasteiger partial charge in [0, 0.05) is 18.5 Å². The summed E-state index contributed by atoms with van der Waals surface area (Å²) in [5, 5.41) is 14.6. The molecular formula is C26H22F6N4O3S. The number of thioether (sulfide) groups is 1. The van der Waals surface area contributed by atoms with E-state index in [0.717, 1.165) is 22.7 Å². The number of likely N-dealkylation sites (N-methyl/N-ethyl adjacent to an activating group) is 1. The standard InChI is InChI=1S/C26H22F6N4O3S/c1-34-7-6-20(21(37)13-34)36-23(38)22(40-24(36)39)9-14-2-5-19-16(8-14)11-33-35(19)12-15-3-4-17(25(27,28)29)10-18(15)26(30,31)32/h2-5,8-11,20-21,37H,6-7,12-13H2,1H3/b22-9-/t20?,21-/m0/s1. The third kappa shape index (κ3) is 5.47. The first-order valence-electron chi connectivity index (χ1n) is 12.1. The molecule has 2 atom stereocenters. The summed E-state index contributed by atoms with van der Waals surface area (Å²) in [4.78, 5) is 28.8. The molecule has 14 heteroatoms. The van der Waals surface area contributed by atoms with E-state index in [9.17, 15) is 41.0 Å². The molecule has 2 aromatic carbocycles. The fraction of sp³-hybridized carbons (Fsp3) is 0.346. The second kappa shape index (κ2) is 10.2. The van der Waals surface area contributed by atoms with E-state index in [-0.39, 0.29) is 16.5 Å². The Morgan fingerprint density at radius 3 is 2.50 bits per heavy atom. The van der Waals surface area contributed by atoms with Crippen LogP contribution in [-0.2, 0) is 23.7 Å². The molecule has 3 heterocycles. The van der Waals surface area contributed by atoms with Gasteiger partial charge in [-0.1, -0.05) is 12.1 Å².